The molecule has 1 aliphatic rings. The molecule has 132 valence electrons. The summed E-state index contributed by atoms with van der Waals surface area (Å²) in [7, 11) is 5.33. The highest BCUT2D eigenvalue weighted by molar-refractivity contribution is 5.45. The molecule has 4 nitrogen and oxygen atoms in total. The first-order valence-electron chi connectivity index (χ1n) is 8.18. The normalized spacial score (nSPS) is 17.6. The van der Waals surface area contributed by atoms with Crippen LogP contribution in [0.15, 0.2) is 54.2 Å². The van der Waals surface area contributed by atoms with Crippen LogP contribution in [0.2, 0.25) is 0 Å². The van der Waals surface area contributed by atoms with Crippen LogP contribution in [0.1, 0.15) is 24.1 Å². The first-order valence-corrected chi connectivity index (χ1v) is 8.18. The summed E-state index contributed by atoms with van der Waals surface area (Å²) in [4.78, 5) is 0. The average molecular weight is 342 g/mol. The van der Waals surface area contributed by atoms with E-state index in [0.29, 0.717) is 6.54 Å². The van der Waals surface area contributed by atoms with Gasteiger partial charge in [-0.25, -0.2) is 9.40 Å². The van der Waals surface area contributed by atoms with Gasteiger partial charge in [-0.3, -0.25) is 0 Å². The summed E-state index contributed by atoms with van der Waals surface area (Å²) in [6.07, 6.45) is 2.21. The van der Waals surface area contributed by atoms with Crippen LogP contribution >= 0.6 is 0 Å². The molecule has 0 saturated carbocycles. The second kappa shape index (κ2) is 7.15. The minimum Gasteiger partial charge on any atom is -0.493 e. The van der Waals surface area contributed by atoms with Crippen molar-refractivity contribution in [1.82, 2.24) is 10.0 Å². The Labute approximate surface area is 148 Å². The Hall–Kier alpha value is -2.53. The second-order valence-electron chi connectivity index (χ2n) is 6.13. The van der Waals surface area contributed by atoms with E-state index in [0.717, 1.165) is 28.3 Å². The number of ether oxygens (including phenoxy) is 2. The fourth-order valence-corrected chi connectivity index (χ4v) is 3.17. The van der Waals surface area contributed by atoms with Crippen molar-refractivity contribution in [3.63, 3.8) is 0 Å². The van der Waals surface area contributed by atoms with Crippen LogP contribution in [-0.2, 0) is 6.54 Å². The fourth-order valence-electron chi connectivity index (χ4n) is 3.17. The van der Waals surface area contributed by atoms with Crippen molar-refractivity contribution in [2.24, 2.45) is 0 Å². The van der Waals surface area contributed by atoms with Crippen LogP contribution in [-0.4, -0.2) is 31.3 Å². The van der Waals surface area contributed by atoms with Gasteiger partial charge in [-0.05, 0) is 48.4 Å². The Morgan fingerprint density at radius 2 is 1.68 bits per heavy atom. The maximum atomic E-state index is 13.1. The van der Waals surface area contributed by atoms with Gasteiger partial charge in [0.2, 0.25) is 0 Å². The SMILES string of the molecule is COc1ccc(C2C=C(C)N(Cc3ccc(F)cc3)N2C)cc1OC. The lowest BCUT2D eigenvalue weighted by Crippen LogP contribution is -2.34. The van der Waals surface area contributed by atoms with Crippen molar-refractivity contribution in [2.45, 2.75) is 19.5 Å². The summed E-state index contributed by atoms with van der Waals surface area (Å²) in [5, 5.41) is 4.37. The lowest BCUT2D eigenvalue weighted by atomic mass is 10.1. The fraction of sp³-hybridized carbons (Fsp3) is 0.300. The van der Waals surface area contributed by atoms with Crippen molar-refractivity contribution in [1.29, 1.82) is 0 Å². The molecule has 0 fully saturated rings. The number of methoxy groups -OCH3 is 2. The lowest BCUT2D eigenvalue weighted by Gasteiger charge is -2.32. The number of rotatable bonds is 5. The summed E-state index contributed by atoms with van der Waals surface area (Å²) >= 11 is 0. The van der Waals surface area contributed by atoms with E-state index in [9.17, 15) is 4.39 Å². The number of nitrogens with zero attached hydrogens (tertiary/aromatic N) is 2. The van der Waals surface area contributed by atoms with E-state index in [4.69, 9.17) is 9.47 Å². The maximum Gasteiger partial charge on any atom is 0.161 e. The van der Waals surface area contributed by atoms with Crippen LogP contribution in [0, 0.1) is 5.82 Å². The molecular weight excluding hydrogens is 319 g/mol. The molecule has 0 N–H and O–H groups in total. The van der Waals surface area contributed by atoms with E-state index in [-0.39, 0.29) is 11.9 Å². The predicted molar refractivity (Wildman–Crippen MR) is 95.8 cm³/mol. The van der Waals surface area contributed by atoms with Crippen LogP contribution in [0.3, 0.4) is 0 Å². The van der Waals surface area contributed by atoms with Crippen molar-refractivity contribution in [2.75, 3.05) is 21.3 Å². The minimum absolute atomic E-state index is 0.111. The van der Waals surface area contributed by atoms with Gasteiger partial charge in [0.1, 0.15) is 5.82 Å². The summed E-state index contributed by atoms with van der Waals surface area (Å²) < 4.78 is 23.8. The first-order chi connectivity index (χ1) is 12.0. The third-order valence-corrected chi connectivity index (χ3v) is 4.58. The highest BCUT2D eigenvalue weighted by atomic mass is 19.1. The average Bonchev–Trinajstić information content (AvgIpc) is 2.91. The molecule has 0 saturated heterocycles. The number of hydrazine groups is 1. The largest absolute Gasteiger partial charge is 0.493 e. The molecule has 25 heavy (non-hydrogen) atoms. The smallest absolute Gasteiger partial charge is 0.161 e. The Morgan fingerprint density at radius 1 is 1.00 bits per heavy atom. The minimum atomic E-state index is -0.214. The van der Waals surface area contributed by atoms with Gasteiger partial charge < -0.3 is 14.5 Å². The number of likely N-dealkylation sites (N-methyl/N-ethyl adjacent to an activating group) is 1. The third-order valence-electron chi connectivity index (χ3n) is 4.58. The molecule has 1 heterocycles. The van der Waals surface area contributed by atoms with E-state index in [1.54, 1.807) is 14.2 Å². The van der Waals surface area contributed by atoms with Gasteiger partial charge in [-0.15, -0.1) is 0 Å². The summed E-state index contributed by atoms with van der Waals surface area (Å²) in [6.45, 7) is 2.78. The molecule has 5 heteroatoms. The molecule has 3 rings (SSSR count). The molecule has 0 aliphatic carbocycles. The standard InChI is InChI=1S/C20H23FN2O2/c1-14-11-18(16-7-10-19(24-3)20(12-16)25-4)22(2)23(14)13-15-5-8-17(21)9-6-15/h5-12,18H,13H2,1-4H3. The van der Waals surface area contributed by atoms with Crippen molar-refractivity contribution < 1.29 is 13.9 Å². The van der Waals surface area contributed by atoms with Gasteiger partial charge in [-0.1, -0.05) is 18.2 Å². The molecule has 2 aromatic rings. The van der Waals surface area contributed by atoms with Crippen molar-refractivity contribution in [3.05, 3.63) is 71.2 Å². The van der Waals surface area contributed by atoms with E-state index in [1.807, 2.05) is 30.3 Å². The Bertz CT molecular complexity index is 774. The number of allylic oxidation sites excluding steroid dienone is 1. The Balaban J connectivity index is 1.82. The molecule has 0 bridgehead atoms. The van der Waals surface area contributed by atoms with Crippen LogP contribution in [0.5, 0.6) is 11.5 Å². The van der Waals surface area contributed by atoms with Gasteiger partial charge in [-0.2, -0.15) is 0 Å². The Kier molecular flexibility index (Phi) is 4.95. The van der Waals surface area contributed by atoms with Crippen molar-refractivity contribution >= 4 is 0 Å². The molecule has 1 aliphatic heterocycles. The van der Waals surface area contributed by atoms with Gasteiger partial charge in [0, 0.05) is 12.7 Å². The van der Waals surface area contributed by atoms with Gasteiger partial charge >= 0.3 is 0 Å². The Morgan fingerprint density at radius 3 is 2.32 bits per heavy atom. The zero-order valence-corrected chi connectivity index (χ0v) is 15.0. The van der Waals surface area contributed by atoms with Crippen molar-refractivity contribution in [3.8, 4) is 11.5 Å². The van der Waals surface area contributed by atoms with Gasteiger partial charge in [0.25, 0.3) is 0 Å². The number of hydrogen-bond acceptors (Lipinski definition) is 4. The number of hydrogen-bond donors (Lipinski definition) is 0. The molecule has 1 unspecified atom stereocenters. The molecule has 0 amide bonds. The highest BCUT2D eigenvalue weighted by Gasteiger charge is 2.28. The van der Waals surface area contributed by atoms with Crippen LogP contribution in [0.25, 0.3) is 0 Å². The van der Waals surface area contributed by atoms with E-state index < -0.39 is 0 Å². The van der Waals surface area contributed by atoms with Gasteiger partial charge in [0.15, 0.2) is 11.5 Å². The summed E-state index contributed by atoms with van der Waals surface area (Å²) in [5.41, 5.74) is 3.35. The predicted octanol–water partition coefficient (Wildman–Crippen LogP) is 4.15. The molecule has 2 aromatic carbocycles. The lowest BCUT2D eigenvalue weighted by molar-refractivity contribution is 0.0268. The number of benzene rings is 2. The molecule has 0 radical (unpaired) electrons. The molecular formula is C20H23FN2O2. The zero-order chi connectivity index (χ0) is 18.0. The first kappa shape index (κ1) is 17.3. The van der Waals surface area contributed by atoms with Crippen LogP contribution < -0.4 is 9.47 Å². The second-order valence-corrected chi connectivity index (χ2v) is 6.13. The summed E-state index contributed by atoms with van der Waals surface area (Å²) in [6, 6.07) is 12.7. The molecule has 0 spiro atoms. The number of halogens is 1. The topological polar surface area (TPSA) is 24.9 Å². The molecule has 1 atom stereocenters. The summed E-state index contributed by atoms with van der Waals surface area (Å²) in [5.74, 6) is 1.22. The zero-order valence-electron chi connectivity index (χ0n) is 15.0. The van der Waals surface area contributed by atoms with Gasteiger partial charge in [0.05, 0.1) is 26.8 Å². The molecule has 0 aromatic heterocycles. The highest BCUT2D eigenvalue weighted by Crippen LogP contribution is 2.37. The maximum absolute atomic E-state index is 13.1. The van der Waals surface area contributed by atoms with E-state index in [1.165, 1.54) is 12.1 Å². The van der Waals surface area contributed by atoms with E-state index >= 15 is 0 Å². The van der Waals surface area contributed by atoms with Crippen LogP contribution in [0.4, 0.5) is 4.39 Å². The van der Waals surface area contributed by atoms with E-state index in [2.05, 4.69) is 30.1 Å². The third kappa shape index (κ3) is 3.46. The quantitative estimate of drug-likeness (QED) is 0.815. The monoisotopic (exact) mass is 342 g/mol.